The molecular weight excluding hydrogens is 719 g/mol. The molecule has 1 N–H and O–H groups in total. The highest BCUT2D eigenvalue weighted by Gasteiger charge is 2.45. The van der Waals surface area contributed by atoms with Gasteiger partial charge in [-0.3, -0.25) is 4.79 Å². The molecule has 0 spiro atoms. The first kappa shape index (κ1) is 42.6. The zero-order chi connectivity index (χ0) is 39.6. The lowest BCUT2D eigenvalue weighted by Gasteiger charge is -2.45. The maximum absolute atomic E-state index is 14.6. The fourth-order valence-corrected chi connectivity index (χ4v) is 9.31. The summed E-state index contributed by atoms with van der Waals surface area (Å²) in [6.45, 7) is 14.6. The number of fused-ring (bicyclic) bond motifs is 1. The molecule has 0 radical (unpaired) electrons. The summed E-state index contributed by atoms with van der Waals surface area (Å²) >= 11 is 0. The standard InChI is InChI=1S/C43H61N3O8S/c1-8-52-32(3)28-51-29-33-12-15-35(16-13-33)38-25-36(26-43(4,5)42(47)44-6)46(55(48,49)37-17-10-31(2)11-18-37)27-41(38)54-30-34-14-19-40-39(24-34)45(21-23-53-40)20-9-22-50-7/h10-19,24,32,36,38,41H,8-9,20-23,25-30H2,1-7H3,(H,44,47)/t32?,36-,38-,41+/m1/s1. The fraction of sp³-hybridized carbons (Fsp3) is 0.558. The average molecular weight is 780 g/mol. The molecule has 2 aliphatic heterocycles. The number of hydrogen-bond acceptors (Lipinski definition) is 9. The number of nitrogens with zero attached hydrogens (tertiary/aromatic N) is 2. The van der Waals surface area contributed by atoms with E-state index in [1.54, 1.807) is 30.6 Å². The van der Waals surface area contributed by atoms with Gasteiger partial charge in [0.15, 0.2) is 0 Å². The van der Waals surface area contributed by atoms with Gasteiger partial charge in [-0.2, -0.15) is 4.31 Å². The van der Waals surface area contributed by atoms with Crippen LogP contribution in [-0.4, -0.2) is 97.1 Å². The van der Waals surface area contributed by atoms with Crippen LogP contribution in [0.3, 0.4) is 0 Å². The van der Waals surface area contributed by atoms with Crippen molar-refractivity contribution in [3.05, 3.63) is 89.0 Å². The van der Waals surface area contributed by atoms with E-state index in [1.165, 1.54) is 0 Å². The van der Waals surface area contributed by atoms with E-state index in [2.05, 4.69) is 40.5 Å². The summed E-state index contributed by atoms with van der Waals surface area (Å²) in [5, 5.41) is 2.78. The van der Waals surface area contributed by atoms with Gasteiger partial charge >= 0.3 is 0 Å². The maximum Gasteiger partial charge on any atom is 0.243 e. The minimum atomic E-state index is -3.95. The Labute approximate surface area is 328 Å². The number of carbonyl (C=O) groups excluding carboxylic acids is 1. The summed E-state index contributed by atoms with van der Waals surface area (Å²) in [5.74, 6) is 0.566. The Morgan fingerprint density at radius 3 is 2.45 bits per heavy atom. The minimum Gasteiger partial charge on any atom is -0.490 e. The van der Waals surface area contributed by atoms with E-state index in [0.29, 0.717) is 45.9 Å². The van der Waals surface area contributed by atoms with Crippen LogP contribution in [0.1, 0.15) is 75.1 Å². The maximum atomic E-state index is 14.6. The number of carbonyl (C=O) groups is 1. The van der Waals surface area contributed by atoms with Crippen molar-refractivity contribution in [3.63, 3.8) is 0 Å². The molecule has 3 aromatic rings. The number of nitrogens with one attached hydrogen (secondary N) is 1. The summed E-state index contributed by atoms with van der Waals surface area (Å²) in [6.07, 6.45) is 1.26. The van der Waals surface area contributed by atoms with Crippen LogP contribution in [-0.2, 0) is 47.0 Å². The number of hydrogen-bond donors (Lipinski definition) is 1. The predicted molar refractivity (Wildman–Crippen MR) is 215 cm³/mol. The number of ether oxygens (including phenoxy) is 5. The number of piperidine rings is 1. The van der Waals surface area contributed by atoms with E-state index in [9.17, 15) is 13.2 Å². The first-order chi connectivity index (χ1) is 26.4. The lowest BCUT2D eigenvalue weighted by Crippen LogP contribution is -2.54. The van der Waals surface area contributed by atoms with Crippen molar-refractivity contribution in [1.82, 2.24) is 9.62 Å². The Bertz CT molecular complexity index is 1780. The molecule has 1 saturated heterocycles. The van der Waals surface area contributed by atoms with Gasteiger partial charge in [0.25, 0.3) is 0 Å². The van der Waals surface area contributed by atoms with Crippen molar-refractivity contribution < 1.29 is 36.9 Å². The predicted octanol–water partition coefficient (Wildman–Crippen LogP) is 6.47. The van der Waals surface area contributed by atoms with Crippen molar-refractivity contribution in [1.29, 1.82) is 0 Å². The molecule has 1 amide bonds. The third-order valence-corrected chi connectivity index (χ3v) is 12.6. The second-order valence-electron chi connectivity index (χ2n) is 15.4. The monoisotopic (exact) mass is 779 g/mol. The Morgan fingerprint density at radius 1 is 1.04 bits per heavy atom. The minimum absolute atomic E-state index is 0.0147. The molecule has 5 rings (SSSR count). The van der Waals surface area contributed by atoms with E-state index in [0.717, 1.165) is 53.2 Å². The molecule has 4 atom stereocenters. The second-order valence-corrected chi connectivity index (χ2v) is 17.3. The van der Waals surface area contributed by atoms with Crippen LogP contribution in [0.25, 0.3) is 0 Å². The van der Waals surface area contributed by atoms with Crippen LogP contribution in [0.15, 0.2) is 71.6 Å². The van der Waals surface area contributed by atoms with Gasteiger partial charge in [0.1, 0.15) is 12.4 Å². The Hall–Kier alpha value is -3.52. The number of benzene rings is 3. The number of anilines is 1. The van der Waals surface area contributed by atoms with Crippen molar-refractivity contribution in [3.8, 4) is 5.75 Å². The highest BCUT2D eigenvalue weighted by atomic mass is 32.2. The molecular formula is C43H61N3O8S. The number of amides is 1. The molecule has 1 unspecified atom stereocenters. The van der Waals surface area contributed by atoms with Gasteiger partial charge in [0, 0.05) is 57.8 Å². The van der Waals surface area contributed by atoms with Crippen LogP contribution in [0.2, 0.25) is 0 Å². The second kappa shape index (κ2) is 19.6. The zero-order valence-electron chi connectivity index (χ0n) is 33.7. The van der Waals surface area contributed by atoms with Gasteiger partial charge in [0.05, 0.1) is 49.2 Å². The molecule has 55 heavy (non-hydrogen) atoms. The Morgan fingerprint density at radius 2 is 1.76 bits per heavy atom. The lowest BCUT2D eigenvalue weighted by molar-refractivity contribution is -0.130. The van der Waals surface area contributed by atoms with Gasteiger partial charge < -0.3 is 33.9 Å². The Balaban J connectivity index is 1.46. The topological polar surface area (TPSA) is 116 Å². The largest absolute Gasteiger partial charge is 0.490 e. The van der Waals surface area contributed by atoms with Crippen LogP contribution in [0, 0.1) is 12.3 Å². The number of aryl methyl sites for hydroxylation is 1. The molecule has 11 nitrogen and oxygen atoms in total. The summed E-state index contributed by atoms with van der Waals surface area (Å²) in [6, 6.07) is 21.0. The lowest BCUT2D eigenvalue weighted by atomic mass is 9.77. The molecule has 12 heteroatoms. The summed E-state index contributed by atoms with van der Waals surface area (Å²) in [7, 11) is -0.617. The number of sulfonamides is 1. The first-order valence-corrected chi connectivity index (χ1v) is 21.0. The van der Waals surface area contributed by atoms with Crippen LogP contribution < -0.4 is 15.0 Å². The highest BCUT2D eigenvalue weighted by Crippen LogP contribution is 2.41. The average Bonchev–Trinajstić information content (AvgIpc) is 3.17. The number of methoxy groups -OCH3 is 1. The normalized spacial score (nSPS) is 19.8. The van der Waals surface area contributed by atoms with E-state index in [4.69, 9.17) is 23.7 Å². The quantitative estimate of drug-likeness (QED) is 0.137. The van der Waals surface area contributed by atoms with E-state index in [-0.39, 0.29) is 36.0 Å². The van der Waals surface area contributed by atoms with Crippen molar-refractivity contribution in [2.75, 3.05) is 65.1 Å². The van der Waals surface area contributed by atoms with Crippen molar-refractivity contribution >= 4 is 21.6 Å². The van der Waals surface area contributed by atoms with Crippen LogP contribution >= 0.6 is 0 Å². The summed E-state index contributed by atoms with van der Waals surface area (Å²) in [4.78, 5) is 15.7. The van der Waals surface area contributed by atoms with E-state index < -0.39 is 27.6 Å². The molecule has 302 valence electrons. The smallest absolute Gasteiger partial charge is 0.243 e. The summed E-state index contributed by atoms with van der Waals surface area (Å²) in [5.41, 5.74) is 4.24. The molecule has 2 heterocycles. The van der Waals surface area contributed by atoms with Gasteiger partial charge in [-0.25, -0.2) is 8.42 Å². The first-order valence-electron chi connectivity index (χ1n) is 19.6. The number of rotatable bonds is 19. The molecule has 1 fully saturated rings. The molecule has 2 aliphatic rings. The van der Waals surface area contributed by atoms with Crippen molar-refractivity contribution in [2.24, 2.45) is 5.41 Å². The molecule has 0 aliphatic carbocycles. The molecule has 3 aromatic carbocycles. The third kappa shape index (κ3) is 11.1. The zero-order valence-corrected chi connectivity index (χ0v) is 34.5. The van der Waals surface area contributed by atoms with Crippen molar-refractivity contribution in [2.45, 2.75) is 96.2 Å². The summed E-state index contributed by atoms with van der Waals surface area (Å²) < 4.78 is 60.3. The van der Waals surface area contributed by atoms with Gasteiger partial charge in [-0.15, -0.1) is 0 Å². The van der Waals surface area contributed by atoms with E-state index in [1.807, 2.05) is 58.9 Å². The van der Waals surface area contributed by atoms with Gasteiger partial charge in [-0.1, -0.05) is 61.9 Å². The van der Waals surface area contributed by atoms with Gasteiger partial charge in [-0.05, 0) is 81.0 Å². The Kier molecular flexibility index (Phi) is 15.2. The van der Waals surface area contributed by atoms with E-state index >= 15 is 0 Å². The fourth-order valence-electron chi connectivity index (χ4n) is 7.66. The van der Waals surface area contributed by atoms with Gasteiger partial charge in [0.2, 0.25) is 15.9 Å². The highest BCUT2D eigenvalue weighted by molar-refractivity contribution is 7.89. The SMILES string of the molecule is CCOC(C)COCc1ccc([C@H]2C[C@H](CC(C)(C)C(=O)NC)N(S(=O)(=O)c3ccc(C)cc3)C[C@@H]2OCc2ccc3c(c2)N(CCCOC)CCO3)cc1. The third-order valence-electron chi connectivity index (χ3n) is 10.7. The molecule has 0 saturated carbocycles. The van der Waals surface area contributed by atoms with Crippen LogP contribution in [0.5, 0.6) is 5.75 Å². The molecule has 0 aromatic heterocycles. The van der Waals surface area contributed by atoms with Crippen LogP contribution in [0.4, 0.5) is 5.69 Å². The molecule has 0 bridgehead atoms.